The van der Waals surface area contributed by atoms with Gasteiger partial charge in [0, 0.05) is 37.1 Å². The molecular formula is C25H33ClN4O3. The number of hydrogen-bond donors (Lipinski definition) is 0. The van der Waals surface area contributed by atoms with Gasteiger partial charge in [-0.3, -0.25) is 4.79 Å². The van der Waals surface area contributed by atoms with Crippen LogP contribution in [0.15, 0.2) is 24.4 Å². The van der Waals surface area contributed by atoms with Crippen LogP contribution in [0.2, 0.25) is 5.02 Å². The van der Waals surface area contributed by atoms with E-state index in [-0.39, 0.29) is 17.9 Å². The Bertz CT molecular complexity index is 1030. The highest BCUT2D eigenvalue weighted by Gasteiger charge is 2.34. The molecule has 0 saturated carbocycles. The Morgan fingerprint density at radius 1 is 1.06 bits per heavy atom. The first-order chi connectivity index (χ1) is 15.7. The van der Waals surface area contributed by atoms with Gasteiger partial charge in [0.25, 0.3) is 5.91 Å². The van der Waals surface area contributed by atoms with Crippen molar-refractivity contribution < 1.29 is 14.3 Å². The van der Waals surface area contributed by atoms with E-state index in [2.05, 4.69) is 5.10 Å². The predicted octanol–water partition coefficient (Wildman–Crippen LogP) is 5.18. The molecule has 2 amide bonds. The third-order valence-corrected chi connectivity index (χ3v) is 6.84. The van der Waals surface area contributed by atoms with E-state index in [1.165, 1.54) is 0 Å². The van der Waals surface area contributed by atoms with E-state index in [0.29, 0.717) is 23.7 Å². The summed E-state index contributed by atoms with van der Waals surface area (Å²) >= 11 is 6.41. The molecule has 2 aliphatic heterocycles. The molecule has 2 fully saturated rings. The van der Waals surface area contributed by atoms with E-state index in [4.69, 9.17) is 16.3 Å². The van der Waals surface area contributed by atoms with Crippen LogP contribution in [0.4, 0.5) is 4.79 Å². The number of rotatable bonds is 3. The molecular weight excluding hydrogens is 440 g/mol. The van der Waals surface area contributed by atoms with Crippen LogP contribution in [-0.2, 0) is 4.74 Å². The fourth-order valence-corrected chi connectivity index (χ4v) is 4.86. The van der Waals surface area contributed by atoms with Gasteiger partial charge in [-0.15, -0.1) is 0 Å². The first-order valence-corrected chi connectivity index (χ1v) is 12.1. The largest absolute Gasteiger partial charge is 0.444 e. The van der Waals surface area contributed by atoms with Crippen molar-refractivity contribution in [1.29, 1.82) is 0 Å². The molecule has 0 N–H and O–H groups in total. The molecule has 2 aliphatic rings. The van der Waals surface area contributed by atoms with Crippen molar-refractivity contribution >= 4 is 23.6 Å². The molecule has 178 valence electrons. The number of ether oxygens (including phenoxy) is 1. The SMILES string of the molecule is Cc1c(Cl)cccc1-n1ncc(C(=O)N2CCCC2)c1C1CCN(C(=O)OC(C)(C)C)CC1. The molecule has 7 nitrogen and oxygen atoms in total. The standard InChI is InChI=1S/C25H33ClN4O3/c1-17-20(26)8-7-9-21(17)30-22(19(16-27-30)23(31)28-12-5-6-13-28)18-10-14-29(15-11-18)24(32)33-25(2,3)4/h7-9,16,18H,5-6,10-15H2,1-4H3. The Balaban J connectivity index is 1.64. The molecule has 1 aromatic heterocycles. The van der Waals surface area contributed by atoms with Crippen LogP contribution in [0, 0.1) is 6.92 Å². The van der Waals surface area contributed by atoms with Gasteiger partial charge in [-0.05, 0) is 71.1 Å². The number of carbonyl (C=O) groups is 2. The van der Waals surface area contributed by atoms with Crippen molar-refractivity contribution in [2.24, 2.45) is 0 Å². The maximum atomic E-state index is 13.4. The number of likely N-dealkylation sites (tertiary alicyclic amines) is 2. The lowest BCUT2D eigenvalue weighted by Gasteiger charge is -2.34. The van der Waals surface area contributed by atoms with Crippen LogP contribution in [-0.4, -0.2) is 63.4 Å². The van der Waals surface area contributed by atoms with Gasteiger partial charge < -0.3 is 14.5 Å². The molecule has 3 heterocycles. The van der Waals surface area contributed by atoms with Gasteiger partial charge in [-0.2, -0.15) is 5.10 Å². The first kappa shape index (κ1) is 23.6. The van der Waals surface area contributed by atoms with Crippen LogP contribution in [0.25, 0.3) is 5.69 Å². The Morgan fingerprint density at radius 2 is 1.73 bits per heavy atom. The van der Waals surface area contributed by atoms with Crippen molar-refractivity contribution in [3.8, 4) is 5.69 Å². The zero-order valence-corrected chi connectivity index (χ0v) is 20.7. The van der Waals surface area contributed by atoms with Crippen molar-refractivity contribution in [2.75, 3.05) is 26.2 Å². The smallest absolute Gasteiger partial charge is 0.410 e. The minimum atomic E-state index is -0.522. The third kappa shape index (κ3) is 5.03. The Hall–Kier alpha value is -2.54. The van der Waals surface area contributed by atoms with Crippen LogP contribution in [0.1, 0.15) is 74.0 Å². The molecule has 2 aromatic rings. The summed E-state index contributed by atoms with van der Waals surface area (Å²) in [6.45, 7) is 10.3. The van der Waals surface area contributed by atoms with Crippen LogP contribution < -0.4 is 0 Å². The number of hydrogen-bond acceptors (Lipinski definition) is 4. The lowest BCUT2D eigenvalue weighted by molar-refractivity contribution is 0.0203. The second kappa shape index (κ2) is 9.37. The van der Waals surface area contributed by atoms with E-state index >= 15 is 0 Å². The maximum absolute atomic E-state index is 13.4. The van der Waals surface area contributed by atoms with Crippen LogP contribution >= 0.6 is 11.6 Å². The van der Waals surface area contributed by atoms with Crippen LogP contribution in [0.3, 0.4) is 0 Å². The fraction of sp³-hybridized carbons (Fsp3) is 0.560. The van der Waals surface area contributed by atoms with E-state index in [9.17, 15) is 9.59 Å². The zero-order chi connectivity index (χ0) is 23.8. The van der Waals surface area contributed by atoms with E-state index < -0.39 is 5.60 Å². The summed E-state index contributed by atoms with van der Waals surface area (Å²) in [7, 11) is 0. The first-order valence-electron chi connectivity index (χ1n) is 11.8. The lowest BCUT2D eigenvalue weighted by Crippen LogP contribution is -2.41. The summed E-state index contributed by atoms with van der Waals surface area (Å²) < 4.78 is 7.44. The van der Waals surface area contributed by atoms with Gasteiger partial charge in [0.15, 0.2) is 0 Å². The molecule has 1 aromatic carbocycles. The molecule has 8 heteroatoms. The van der Waals surface area contributed by atoms with Crippen molar-refractivity contribution in [1.82, 2.24) is 19.6 Å². The molecule has 0 aliphatic carbocycles. The number of carbonyl (C=O) groups excluding carboxylic acids is 2. The highest BCUT2D eigenvalue weighted by Crippen LogP contribution is 2.35. The van der Waals surface area contributed by atoms with Gasteiger partial charge >= 0.3 is 6.09 Å². The molecule has 2 saturated heterocycles. The monoisotopic (exact) mass is 472 g/mol. The van der Waals surface area contributed by atoms with E-state index in [0.717, 1.165) is 55.7 Å². The highest BCUT2D eigenvalue weighted by molar-refractivity contribution is 6.31. The molecule has 0 radical (unpaired) electrons. The van der Waals surface area contributed by atoms with Crippen molar-refractivity contribution in [2.45, 2.75) is 64.9 Å². The Kier molecular flexibility index (Phi) is 6.71. The Morgan fingerprint density at radius 3 is 2.36 bits per heavy atom. The van der Waals surface area contributed by atoms with Gasteiger partial charge in [0.05, 0.1) is 23.1 Å². The minimum absolute atomic E-state index is 0.0444. The lowest BCUT2D eigenvalue weighted by atomic mass is 9.90. The fourth-order valence-electron chi connectivity index (χ4n) is 4.69. The van der Waals surface area contributed by atoms with Gasteiger partial charge in [-0.25, -0.2) is 9.48 Å². The minimum Gasteiger partial charge on any atom is -0.444 e. The number of amides is 2. The number of piperidine rings is 1. The molecule has 0 spiro atoms. The maximum Gasteiger partial charge on any atom is 0.410 e. The van der Waals surface area contributed by atoms with Gasteiger partial charge in [0.2, 0.25) is 0 Å². The molecule has 33 heavy (non-hydrogen) atoms. The summed E-state index contributed by atoms with van der Waals surface area (Å²) in [5, 5.41) is 5.33. The second-order valence-corrected chi connectivity index (χ2v) is 10.4. The summed E-state index contributed by atoms with van der Waals surface area (Å²) in [5.41, 5.74) is 2.86. The second-order valence-electron chi connectivity index (χ2n) is 9.98. The Labute approximate surface area is 200 Å². The average molecular weight is 473 g/mol. The highest BCUT2D eigenvalue weighted by atomic mass is 35.5. The van der Waals surface area contributed by atoms with Crippen molar-refractivity contribution in [3.63, 3.8) is 0 Å². The van der Waals surface area contributed by atoms with E-state index in [1.807, 2.05) is 55.5 Å². The average Bonchev–Trinajstić information content (AvgIpc) is 3.44. The molecule has 4 rings (SSSR count). The van der Waals surface area contributed by atoms with Gasteiger partial charge in [-0.1, -0.05) is 17.7 Å². The summed E-state index contributed by atoms with van der Waals surface area (Å²) in [6.07, 6.45) is 4.98. The quantitative estimate of drug-likeness (QED) is 0.616. The number of benzene rings is 1. The number of aromatic nitrogens is 2. The number of nitrogens with zero attached hydrogens (tertiary/aromatic N) is 4. The van der Waals surface area contributed by atoms with E-state index in [1.54, 1.807) is 11.1 Å². The topological polar surface area (TPSA) is 67.7 Å². The van der Waals surface area contributed by atoms with Crippen molar-refractivity contribution in [3.05, 3.63) is 46.2 Å². The summed E-state index contributed by atoms with van der Waals surface area (Å²) in [5.74, 6) is 0.147. The summed E-state index contributed by atoms with van der Waals surface area (Å²) in [6, 6.07) is 5.75. The zero-order valence-electron chi connectivity index (χ0n) is 19.9. The molecule has 0 atom stereocenters. The predicted molar refractivity (Wildman–Crippen MR) is 128 cm³/mol. The number of halogens is 1. The molecule has 0 bridgehead atoms. The molecule has 0 unspecified atom stereocenters. The third-order valence-electron chi connectivity index (χ3n) is 6.43. The van der Waals surface area contributed by atoms with Gasteiger partial charge in [0.1, 0.15) is 5.60 Å². The normalized spacial score (nSPS) is 17.5. The summed E-state index contributed by atoms with van der Waals surface area (Å²) in [4.78, 5) is 29.6. The van der Waals surface area contributed by atoms with Crippen LogP contribution in [0.5, 0.6) is 0 Å².